The van der Waals surface area contributed by atoms with Crippen molar-refractivity contribution in [2.45, 2.75) is 64.1 Å². The van der Waals surface area contributed by atoms with Gasteiger partial charge in [-0.1, -0.05) is 90.8 Å². The fraction of sp³-hybridized carbons (Fsp3) is 0.297. The van der Waals surface area contributed by atoms with Gasteiger partial charge in [-0.15, -0.1) is 0 Å². The van der Waals surface area contributed by atoms with Gasteiger partial charge in [0.05, 0.1) is 17.2 Å². The van der Waals surface area contributed by atoms with Gasteiger partial charge in [0.15, 0.2) is 0 Å². The number of carbonyl (C=O) groups excluding carboxylic acids is 2. The van der Waals surface area contributed by atoms with Crippen LogP contribution >= 0.6 is 11.6 Å². The second kappa shape index (κ2) is 16.5. The summed E-state index contributed by atoms with van der Waals surface area (Å²) in [4.78, 5) is 30.1. The first-order valence-electron chi connectivity index (χ1n) is 15.7. The zero-order valence-electron chi connectivity index (χ0n) is 27.2. The minimum atomic E-state index is -4.26. The van der Waals surface area contributed by atoms with Crippen molar-refractivity contribution >= 4 is 39.1 Å². The van der Waals surface area contributed by atoms with Crippen molar-refractivity contribution in [3.8, 4) is 5.75 Å². The van der Waals surface area contributed by atoms with Crippen molar-refractivity contribution in [1.29, 1.82) is 0 Å². The van der Waals surface area contributed by atoms with Crippen LogP contribution < -0.4 is 14.4 Å². The quantitative estimate of drug-likeness (QED) is 0.150. The van der Waals surface area contributed by atoms with Gasteiger partial charge >= 0.3 is 0 Å². The highest BCUT2D eigenvalue weighted by Crippen LogP contribution is 2.33. The maximum Gasteiger partial charge on any atom is 0.264 e. The zero-order valence-corrected chi connectivity index (χ0v) is 28.8. The molecule has 0 aromatic heterocycles. The average molecular weight is 676 g/mol. The molecule has 2 atom stereocenters. The minimum absolute atomic E-state index is 0.0242. The van der Waals surface area contributed by atoms with Gasteiger partial charge in [-0.3, -0.25) is 13.9 Å². The predicted molar refractivity (Wildman–Crippen MR) is 187 cm³/mol. The number of ether oxygens (including phenoxy) is 1. The molecule has 4 aromatic carbocycles. The highest BCUT2D eigenvalue weighted by Gasteiger charge is 2.35. The van der Waals surface area contributed by atoms with Crippen LogP contribution in [0.4, 0.5) is 5.69 Å². The molecule has 0 spiro atoms. The van der Waals surface area contributed by atoms with E-state index < -0.39 is 28.5 Å². The molecule has 2 amide bonds. The third-order valence-electron chi connectivity index (χ3n) is 7.84. The SMILES string of the molecule is CCOc1ccccc1N(CC(=O)N(Cc1cccc(Cl)c1)[C@H](Cc1ccccc1)C(=O)N[C@H](C)CC)S(=O)(=O)c1ccc(C)cc1. The second-order valence-electron chi connectivity index (χ2n) is 11.4. The number of sulfonamides is 1. The number of halogens is 1. The van der Waals surface area contributed by atoms with Crippen LogP contribution in [0.3, 0.4) is 0 Å². The lowest BCUT2D eigenvalue weighted by atomic mass is 10.0. The van der Waals surface area contributed by atoms with Crippen molar-refractivity contribution in [3.63, 3.8) is 0 Å². The van der Waals surface area contributed by atoms with Crippen LogP contribution in [-0.2, 0) is 32.6 Å². The van der Waals surface area contributed by atoms with Crippen LogP contribution in [0, 0.1) is 6.92 Å². The van der Waals surface area contributed by atoms with E-state index in [0.29, 0.717) is 29.4 Å². The molecule has 0 aliphatic carbocycles. The van der Waals surface area contributed by atoms with E-state index in [0.717, 1.165) is 15.4 Å². The zero-order chi connectivity index (χ0) is 34.0. The third kappa shape index (κ3) is 9.36. The van der Waals surface area contributed by atoms with Gasteiger partial charge in [-0.2, -0.15) is 0 Å². The second-order valence-corrected chi connectivity index (χ2v) is 13.7. The van der Waals surface area contributed by atoms with Gasteiger partial charge in [-0.05, 0) is 74.7 Å². The van der Waals surface area contributed by atoms with Crippen molar-refractivity contribution in [2.24, 2.45) is 0 Å². The maximum atomic E-state index is 14.7. The first-order chi connectivity index (χ1) is 22.5. The maximum absolute atomic E-state index is 14.7. The van der Waals surface area contributed by atoms with Crippen LogP contribution in [-0.4, -0.2) is 50.4 Å². The topological polar surface area (TPSA) is 96.0 Å². The standard InChI is InChI=1S/C37H42ClN3O5S/c1-5-28(4)39-37(43)34(24-29-13-8-7-9-14-29)40(25-30-15-12-16-31(38)23-30)36(42)26-41(33-17-10-11-18-35(33)46-6-2)47(44,45)32-21-19-27(3)20-22-32/h7-23,28,34H,5-6,24-26H2,1-4H3,(H,39,43)/t28-,34-/m1/s1. The molecule has 10 heteroatoms. The third-order valence-corrected chi connectivity index (χ3v) is 9.84. The molecular formula is C37H42ClN3O5S. The molecule has 47 heavy (non-hydrogen) atoms. The van der Waals surface area contributed by atoms with Crippen molar-refractivity contribution in [3.05, 3.63) is 125 Å². The number of rotatable bonds is 15. The number of hydrogen-bond donors (Lipinski definition) is 1. The summed E-state index contributed by atoms with van der Waals surface area (Å²) in [5, 5.41) is 3.52. The van der Waals surface area contributed by atoms with Crippen LogP contribution in [0.2, 0.25) is 5.02 Å². The van der Waals surface area contributed by atoms with E-state index in [9.17, 15) is 18.0 Å². The van der Waals surface area contributed by atoms with Gasteiger partial charge in [0, 0.05) is 24.0 Å². The Balaban J connectivity index is 1.84. The highest BCUT2D eigenvalue weighted by molar-refractivity contribution is 7.92. The van der Waals surface area contributed by atoms with E-state index in [1.165, 1.54) is 17.0 Å². The van der Waals surface area contributed by atoms with E-state index in [1.807, 2.05) is 57.2 Å². The summed E-state index contributed by atoms with van der Waals surface area (Å²) in [5.41, 5.74) is 2.66. The number of aryl methyl sites for hydroxylation is 1. The summed E-state index contributed by atoms with van der Waals surface area (Å²) in [6.07, 6.45) is 0.915. The van der Waals surface area contributed by atoms with Crippen LogP contribution in [0.5, 0.6) is 5.75 Å². The van der Waals surface area contributed by atoms with E-state index in [4.69, 9.17) is 16.3 Å². The largest absolute Gasteiger partial charge is 0.492 e. The van der Waals surface area contributed by atoms with Crippen LogP contribution in [0.25, 0.3) is 0 Å². The molecule has 8 nitrogen and oxygen atoms in total. The van der Waals surface area contributed by atoms with Gasteiger partial charge in [0.1, 0.15) is 18.3 Å². The first kappa shape index (κ1) is 35.5. The molecule has 1 N–H and O–H groups in total. The number of nitrogens with one attached hydrogen (secondary N) is 1. The van der Waals surface area contributed by atoms with Crippen LogP contribution in [0.15, 0.2) is 108 Å². The average Bonchev–Trinajstić information content (AvgIpc) is 3.06. The first-order valence-corrected chi connectivity index (χ1v) is 17.5. The number of para-hydroxylation sites is 2. The normalized spacial score (nSPS) is 12.5. The van der Waals surface area contributed by atoms with Gasteiger partial charge in [0.2, 0.25) is 11.8 Å². The molecule has 0 saturated heterocycles. The Labute approximate surface area is 283 Å². The van der Waals surface area contributed by atoms with Crippen molar-refractivity contribution in [2.75, 3.05) is 17.5 Å². The number of carbonyl (C=O) groups is 2. The lowest BCUT2D eigenvalue weighted by Gasteiger charge is -2.34. The Bertz CT molecular complexity index is 1750. The van der Waals surface area contributed by atoms with Gasteiger partial charge < -0.3 is 15.0 Å². The van der Waals surface area contributed by atoms with Crippen molar-refractivity contribution < 1.29 is 22.7 Å². The van der Waals surface area contributed by atoms with Gasteiger partial charge in [0.25, 0.3) is 10.0 Å². The molecular weight excluding hydrogens is 634 g/mol. The molecule has 4 rings (SSSR count). The molecule has 248 valence electrons. The number of benzene rings is 4. The lowest BCUT2D eigenvalue weighted by Crippen LogP contribution is -2.54. The summed E-state index contributed by atoms with van der Waals surface area (Å²) in [5.74, 6) is -0.580. The molecule has 0 radical (unpaired) electrons. The lowest BCUT2D eigenvalue weighted by molar-refractivity contribution is -0.140. The minimum Gasteiger partial charge on any atom is -0.492 e. The molecule has 0 fully saturated rings. The Hall–Kier alpha value is -4.34. The highest BCUT2D eigenvalue weighted by atomic mass is 35.5. The number of hydrogen-bond acceptors (Lipinski definition) is 5. The van der Waals surface area contributed by atoms with Crippen LogP contribution in [0.1, 0.15) is 43.9 Å². The Morgan fingerprint density at radius 2 is 1.53 bits per heavy atom. The molecule has 4 aromatic rings. The van der Waals surface area contributed by atoms with E-state index in [2.05, 4.69) is 5.32 Å². The molecule has 0 aliphatic heterocycles. The van der Waals surface area contributed by atoms with E-state index in [1.54, 1.807) is 61.5 Å². The molecule has 0 aliphatic rings. The Morgan fingerprint density at radius 3 is 2.19 bits per heavy atom. The summed E-state index contributed by atoms with van der Waals surface area (Å²) < 4.78 is 35.6. The van der Waals surface area contributed by atoms with E-state index >= 15 is 0 Å². The predicted octanol–water partition coefficient (Wildman–Crippen LogP) is 6.80. The summed E-state index contributed by atoms with van der Waals surface area (Å²) in [7, 11) is -4.26. The Morgan fingerprint density at radius 1 is 0.872 bits per heavy atom. The number of amides is 2. The van der Waals surface area contributed by atoms with Crippen molar-refractivity contribution in [1.82, 2.24) is 10.2 Å². The summed E-state index contributed by atoms with van der Waals surface area (Å²) in [6, 6.07) is 28.6. The number of anilines is 1. The molecule has 0 bridgehead atoms. The van der Waals surface area contributed by atoms with Gasteiger partial charge in [-0.25, -0.2) is 8.42 Å². The molecule has 0 heterocycles. The smallest absolute Gasteiger partial charge is 0.264 e. The Kier molecular flexibility index (Phi) is 12.4. The summed E-state index contributed by atoms with van der Waals surface area (Å²) in [6.45, 7) is 7.28. The fourth-order valence-electron chi connectivity index (χ4n) is 5.12. The monoisotopic (exact) mass is 675 g/mol. The molecule has 0 unspecified atom stereocenters. The fourth-order valence-corrected chi connectivity index (χ4v) is 6.76. The number of nitrogens with zero attached hydrogens (tertiary/aromatic N) is 2. The van der Waals surface area contributed by atoms with E-state index in [-0.39, 0.29) is 35.5 Å². The summed E-state index contributed by atoms with van der Waals surface area (Å²) >= 11 is 6.33. The molecule has 0 saturated carbocycles.